The van der Waals surface area contributed by atoms with E-state index in [1.807, 2.05) is 6.07 Å². The van der Waals surface area contributed by atoms with Crippen LogP contribution in [0.15, 0.2) is 18.2 Å². The number of benzene rings is 1. The van der Waals surface area contributed by atoms with Gasteiger partial charge in [-0.1, -0.05) is 17.7 Å². The summed E-state index contributed by atoms with van der Waals surface area (Å²) < 4.78 is 26.8. The van der Waals surface area contributed by atoms with Crippen molar-refractivity contribution in [3.8, 4) is 0 Å². The maximum absolute atomic E-state index is 13.6. The van der Waals surface area contributed by atoms with Crippen molar-refractivity contribution >= 4 is 11.6 Å². The van der Waals surface area contributed by atoms with Gasteiger partial charge in [-0.25, -0.2) is 8.78 Å². The van der Waals surface area contributed by atoms with Crippen molar-refractivity contribution in [3.05, 3.63) is 34.6 Å². The molecule has 2 fully saturated rings. The molecule has 1 aromatic carbocycles. The monoisotopic (exact) mass is 312 g/mol. The van der Waals surface area contributed by atoms with Crippen LogP contribution >= 0.6 is 11.6 Å². The third-order valence-corrected chi connectivity index (χ3v) is 5.86. The van der Waals surface area contributed by atoms with Gasteiger partial charge in [0.1, 0.15) is 12.0 Å². The van der Waals surface area contributed by atoms with Gasteiger partial charge >= 0.3 is 0 Å². The molecule has 0 N–H and O–H groups in total. The van der Waals surface area contributed by atoms with Crippen LogP contribution in [-0.2, 0) is 0 Å². The molecule has 116 valence electrons. The van der Waals surface area contributed by atoms with Crippen molar-refractivity contribution in [2.45, 2.75) is 63.5 Å². The Hall–Kier alpha value is -0.630. The Morgan fingerprint density at radius 1 is 0.857 bits per heavy atom. The van der Waals surface area contributed by atoms with Gasteiger partial charge in [-0.3, -0.25) is 0 Å². The van der Waals surface area contributed by atoms with Crippen LogP contribution in [0.4, 0.5) is 8.78 Å². The molecule has 0 bridgehead atoms. The van der Waals surface area contributed by atoms with Crippen LogP contribution in [0.3, 0.4) is 0 Å². The van der Waals surface area contributed by atoms with Gasteiger partial charge in [-0.2, -0.15) is 0 Å². The molecule has 0 unspecified atom stereocenters. The lowest BCUT2D eigenvalue weighted by molar-refractivity contribution is 0.138. The van der Waals surface area contributed by atoms with Crippen LogP contribution < -0.4 is 0 Å². The van der Waals surface area contributed by atoms with Gasteiger partial charge in [0.25, 0.3) is 0 Å². The van der Waals surface area contributed by atoms with Crippen molar-refractivity contribution < 1.29 is 8.78 Å². The molecule has 1 aromatic rings. The quantitative estimate of drug-likeness (QED) is 0.602. The molecule has 2 saturated carbocycles. The van der Waals surface area contributed by atoms with Crippen molar-refractivity contribution in [1.82, 2.24) is 0 Å². The average Bonchev–Trinajstić information content (AvgIpc) is 2.51. The molecule has 2 aliphatic rings. The van der Waals surface area contributed by atoms with Crippen LogP contribution in [0.25, 0.3) is 0 Å². The fraction of sp³-hybridized carbons (Fsp3) is 0.667. The summed E-state index contributed by atoms with van der Waals surface area (Å²) in [6.07, 6.45) is 7.74. The van der Waals surface area contributed by atoms with E-state index < -0.39 is 6.17 Å². The van der Waals surface area contributed by atoms with Gasteiger partial charge in [0.2, 0.25) is 0 Å². The Bertz CT molecular complexity index is 472. The molecule has 3 rings (SSSR count). The van der Waals surface area contributed by atoms with E-state index in [0.717, 1.165) is 55.9 Å². The smallest absolute Gasteiger partial charge is 0.142 e. The summed E-state index contributed by atoms with van der Waals surface area (Å²) in [5.74, 6) is 1.63. The molecule has 0 saturated heterocycles. The van der Waals surface area contributed by atoms with E-state index in [0.29, 0.717) is 5.92 Å². The molecule has 3 heteroatoms. The summed E-state index contributed by atoms with van der Waals surface area (Å²) in [7, 11) is 0. The molecule has 0 atom stereocenters. The van der Waals surface area contributed by atoms with Crippen molar-refractivity contribution in [2.75, 3.05) is 0 Å². The van der Waals surface area contributed by atoms with Gasteiger partial charge in [0.05, 0.1) is 5.02 Å². The van der Waals surface area contributed by atoms with Crippen LogP contribution in [-0.4, -0.2) is 6.17 Å². The Balaban J connectivity index is 1.56. The summed E-state index contributed by atoms with van der Waals surface area (Å²) in [5.41, 5.74) is 1.09. The van der Waals surface area contributed by atoms with Crippen LogP contribution in [0, 0.1) is 17.7 Å². The molecule has 0 heterocycles. The first kappa shape index (κ1) is 15.3. The maximum atomic E-state index is 13.6. The molecular weight excluding hydrogens is 290 g/mol. The molecule has 21 heavy (non-hydrogen) atoms. The third kappa shape index (κ3) is 3.59. The lowest BCUT2D eigenvalue weighted by Gasteiger charge is -2.36. The predicted octanol–water partition coefficient (Wildman–Crippen LogP) is 6.28. The van der Waals surface area contributed by atoms with Gasteiger partial charge < -0.3 is 0 Å². The highest BCUT2D eigenvalue weighted by Crippen LogP contribution is 2.43. The Labute approximate surface area is 130 Å². The first-order chi connectivity index (χ1) is 10.1. The maximum Gasteiger partial charge on any atom is 0.142 e. The molecule has 0 aliphatic heterocycles. The molecular formula is C18H23ClF2. The summed E-state index contributed by atoms with van der Waals surface area (Å²) in [5, 5.41) is 0.204. The van der Waals surface area contributed by atoms with E-state index in [9.17, 15) is 8.78 Å². The van der Waals surface area contributed by atoms with Crippen LogP contribution in [0.5, 0.6) is 0 Å². The van der Waals surface area contributed by atoms with Crippen LogP contribution in [0.1, 0.15) is 62.8 Å². The highest BCUT2D eigenvalue weighted by Gasteiger charge is 2.31. The Morgan fingerprint density at radius 3 is 2.00 bits per heavy atom. The molecule has 0 spiro atoms. The summed E-state index contributed by atoms with van der Waals surface area (Å²) in [6.45, 7) is 0. The average molecular weight is 313 g/mol. The minimum Gasteiger partial charge on any atom is -0.247 e. The first-order valence-electron chi connectivity index (χ1n) is 8.22. The summed E-state index contributed by atoms with van der Waals surface area (Å²) in [6, 6.07) is 5.23. The van der Waals surface area contributed by atoms with E-state index >= 15 is 0 Å². The zero-order valence-electron chi connectivity index (χ0n) is 12.3. The highest BCUT2D eigenvalue weighted by molar-refractivity contribution is 6.30. The van der Waals surface area contributed by atoms with Crippen LogP contribution in [0.2, 0.25) is 5.02 Å². The normalized spacial score (nSPS) is 33.9. The first-order valence-corrected chi connectivity index (χ1v) is 8.60. The van der Waals surface area contributed by atoms with Gasteiger partial charge in [0.15, 0.2) is 0 Å². The van der Waals surface area contributed by atoms with Crippen molar-refractivity contribution in [3.63, 3.8) is 0 Å². The number of alkyl halides is 1. The Kier molecular flexibility index (Phi) is 4.83. The summed E-state index contributed by atoms with van der Waals surface area (Å²) in [4.78, 5) is 0. The fourth-order valence-corrected chi connectivity index (χ4v) is 4.36. The van der Waals surface area contributed by atoms with Gasteiger partial charge in [-0.15, -0.1) is 0 Å². The van der Waals surface area contributed by atoms with E-state index in [1.54, 1.807) is 12.1 Å². The molecule has 0 nitrogen and oxygen atoms in total. The Morgan fingerprint density at radius 2 is 1.43 bits per heavy atom. The van der Waals surface area contributed by atoms with Crippen molar-refractivity contribution in [2.24, 2.45) is 11.8 Å². The standard InChI is InChI=1S/C18H23ClF2/c19-17-10-7-15(11-18(17)21)14-3-1-12(2-4-14)13-5-8-16(20)9-6-13/h7,10-14,16H,1-6,8-9H2. The second-order valence-electron chi connectivity index (χ2n) is 6.80. The number of halogens is 3. The van der Waals surface area contributed by atoms with E-state index in [2.05, 4.69) is 0 Å². The minimum atomic E-state index is -0.561. The van der Waals surface area contributed by atoms with Gasteiger partial charge in [0, 0.05) is 0 Å². The van der Waals surface area contributed by atoms with E-state index in [1.165, 1.54) is 12.8 Å². The lowest BCUT2D eigenvalue weighted by atomic mass is 9.69. The second kappa shape index (κ2) is 6.64. The van der Waals surface area contributed by atoms with Crippen molar-refractivity contribution in [1.29, 1.82) is 0 Å². The third-order valence-electron chi connectivity index (χ3n) is 5.55. The topological polar surface area (TPSA) is 0 Å². The molecule has 0 radical (unpaired) electrons. The molecule has 0 aromatic heterocycles. The largest absolute Gasteiger partial charge is 0.247 e. The minimum absolute atomic E-state index is 0.204. The van der Waals surface area contributed by atoms with E-state index in [-0.39, 0.29) is 10.8 Å². The lowest BCUT2D eigenvalue weighted by Crippen LogP contribution is -2.25. The summed E-state index contributed by atoms with van der Waals surface area (Å²) >= 11 is 5.75. The number of rotatable bonds is 2. The van der Waals surface area contributed by atoms with E-state index in [4.69, 9.17) is 11.6 Å². The highest BCUT2D eigenvalue weighted by atomic mass is 35.5. The second-order valence-corrected chi connectivity index (χ2v) is 7.20. The fourth-order valence-electron chi connectivity index (χ4n) is 4.24. The molecule has 0 amide bonds. The zero-order chi connectivity index (χ0) is 14.8. The zero-order valence-corrected chi connectivity index (χ0v) is 13.1. The number of hydrogen-bond acceptors (Lipinski definition) is 0. The van der Waals surface area contributed by atoms with Gasteiger partial charge in [-0.05, 0) is 86.8 Å². The molecule has 2 aliphatic carbocycles. The SMILES string of the molecule is Fc1cc(C2CCC(C3CCC(F)CC3)CC2)ccc1Cl. The number of hydrogen-bond donors (Lipinski definition) is 0. The predicted molar refractivity (Wildman–Crippen MR) is 83.0 cm³/mol.